The predicted octanol–water partition coefficient (Wildman–Crippen LogP) is 1.96. The summed E-state index contributed by atoms with van der Waals surface area (Å²) in [5.41, 5.74) is -0.0519. The second kappa shape index (κ2) is 10.5. The van der Waals surface area contributed by atoms with Crippen LogP contribution in [0.15, 0.2) is 40.5 Å². The Morgan fingerprint density at radius 3 is 2.59 bits per heavy atom. The molecule has 5 rings (SSSR count). The number of rotatable bonds is 5. The molecule has 12 nitrogen and oxygen atoms in total. The summed E-state index contributed by atoms with van der Waals surface area (Å²) in [5, 5.41) is 40.9. The van der Waals surface area contributed by atoms with E-state index in [4.69, 9.17) is 5.73 Å². The van der Waals surface area contributed by atoms with Gasteiger partial charge in [0.15, 0.2) is 28.7 Å². The number of H-pyrrole nitrogens is 1. The highest BCUT2D eigenvalue weighted by molar-refractivity contribution is 6.01. The molecule has 1 heterocycles. The largest absolute Gasteiger partial charge is 0.390 e. The number of ketones is 2. The van der Waals surface area contributed by atoms with E-state index in [-0.39, 0.29) is 29.6 Å². The van der Waals surface area contributed by atoms with Crippen LogP contribution in [0.25, 0.3) is 0 Å². The number of primary amides is 1. The first-order chi connectivity index (χ1) is 19.1. The molecule has 1 aromatic heterocycles. The van der Waals surface area contributed by atoms with Crippen LogP contribution < -0.4 is 5.73 Å². The molecule has 3 saturated carbocycles. The van der Waals surface area contributed by atoms with Crippen LogP contribution >= 0.6 is 0 Å². The summed E-state index contributed by atoms with van der Waals surface area (Å²) >= 11 is 0. The van der Waals surface area contributed by atoms with Crippen LogP contribution in [0, 0.1) is 28.6 Å². The van der Waals surface area contributed by atoms with Gasteiger partial charge in [-0.25, -0.2) is 9.37 Å². The Bertz CT molecular complexity index is 1330. The molecule has 0 spiro atoms. The monoisotopic (exact) mass is 574 g/mol. The van der Waals surface area contributed by atoms with Crippen molar-refractivity contribution in [2.45, 2.75) is 63.8 Å². The molecule has 0 saturated heterocycles. The maximum Gasteiger partial charge on any atom is 0.271 e. The number of carbonyl (C=O) groups excluding carboxylic acids is 3. The summed E-state index contributed by atoms with van der Waals surface area (Å²) in [4.78, 5) is 41.5. The SMILES string of the molecule is CN(C)/N=N/c1[nH]cnc1C(N)=O.C[C@@H]1C[C@H]2[C@@H]3CCC4=CC(=O)C=C[C@]4(C)[C@@]3(F)[C@@H](O)C[C@]2(C)[C@@]1(O)C(=O)CO. The molecule has 1 aromatic rings. The number of nitrogens with one attached hydrogen (secondary N) is 1. The zero-order chi connectivity index (χ0) is 30.5. The van der Waals surface area contributed by atoms with Crippen LogP contribution in [0.2, 0.25) is 0 Å². The first-order valence-corrected chi connectivity index (χ1v) is 13.7. The number of hydrogen-bond acceptors (Lipinski definition) is 9. The van der Waals surface area contributed by atoms with Crippen LogP contribution in [0.5, 0.6) is 0 Å². The third-order valence-corrected chi connectivity index (χ3v) is 9.97. The van der Waals surface area contributed by atoms with Gasteiger partial charge in [0.25, 0.3) is 5.91 Å². The van der Waals surface area contributed by atoms with Crippen LogP contribution in [0.3, 0.4) is 0 Å². The van der Waals surface area contributed by atoms with Gasteiger partial charge >= 0.3 is 0 Å². The number of halogens is 1. The molecule has 0 unspecified atom stereocenters. The zero-order valence-corrected chi connectivity index (χ0v) is 24.0. The summed E-state index contributed by atoms with van der Waals surface area (Å²) in [6.07, 6.45) is 5.78. The van der Waals surface area contributed by atoms with Gasteiger partial charge in [0.05, 0.1) is 12.4 Å². The molecule has 224 valence electrons. The molecule has 4 aliphatic rings. The van der Waals surface area contributed by atoms with Gasteiger partial charge < -0.3 is 26.0 Å². The molecule has 4 aliphatic carbocycles. The zero-order valence-electron chi connectivity index (χ0n) is 24.0. The molecule has 0 radical (unpaired) electrons. The lowest BCUT2D eigenvalue weighted by Gasteiger charge is -2.62. The van der Waals surface area contributed by atoms with Crippen molar-refractivity contribution < 1.29 is 34.1 Å². The van der Waals surface area contributed by atoms with Crippen molar-refractivity contribution in [2.75, 3.05) is 20.7 Å². The number of nitrogens with zero attached hydrogens (tertiary/aromatic N) is 4. The average Bonchev–Trinajstić information content (AvgIpc) is 3.46. The summed E-state index contributed by atoms with van der Waals surface area (Å²) in [6.45, 7) is 4.48. The number of nitrogens with two attached hydrogens (primary N) is 1. The number of amides is 1. The number of hydrogen-bond donors (Lipinski definition) is 5. The Hall–Kier alpha value is -3.29. The minimum Gasteiger partial charge on any atom is -0.390 e. The molecule has 0 bridgehead atoms. The number of aliphatic hydroxyl groups is 3. The van der Waals surface area contributed by atoms with Crippen molar-refractivity contribution in [3.05, 3.63) is 35.8 Å². The first-order valence-electron chi connectivity index (χ1n) is 13.7. The molecule has 0 aliphatic heterocycles. The third kappa shape index (κ3) is 4.45. The normalized spacial score (nSPS) is 39.2. The minimum atomic E-state index is -1.98. The highest BCUT2D eigenvalue weighted by Gasteiger charge is 2.75. The number of aromatic amines is 1. The standard InChI is InChI=1S/C22H29FO5.C6H10N6O/c1-12-8-16-15-5-4-13-9-14(25)6-7-19(13,2)21(15,23)17(26)10-20(16,3)22(12,28)18(27)11-24;1-12(2)11-10-6-4(5(7)13)8-3-9-6/h6-7,9,12,15-17,24,26,28H,4-5,8,10-11H2,1-3H3;3H,1-2H3,(H2,7,13)(H,8,9)/b;11-10+/t12-,15+,16+,17+,19+,20+,21+,22+;/m1./s1. The van der Waals surface area contributed by atoms with Gasteiger partial charge in [0.1, 0.15) is 12.2 Å². The number of Topliss-reactive ketones (excluding diaryl/α,β-unsaturated/α-hetero) is 1. The van der Waals surface area contributed by atoms with Crippen molar-refractivity contribution in [1.82, 2.24) is 15.0 Å². The smallest absolute Gasteiger partial charge is 0.271 e. The molecular weight excluding hydrogens is 535 g/mol. The highest BCUT2D eigenvalue weighted by atomic mass is 19.1. The fraction of sp³-hybridized carbons (Fsp3) is 0.643. The lowest BCUT2D eigenvalue weighted by molar-refractivity contribution is -0.219. The second-order valence-corrected chi connectivity index (χ2v) is 12.2. The number of aliphatic hydroxyl groups excluding tert-OH is 2. The molecule has 0 aromatic carbocycles. The Morgan fingerprint density at radius 1 is 1.29 bits per heavy atom. The number of allylic oxidation sites excluding steroid dienone is 4. The fourth-order valence-electron chi connectivity index (χ4n) is 7.94. The summed E-state index contributed by atoms with van der Waals surface area (Å²) < 4.78 is 16.9. The number of fused-ring (bicyclic) bond motifs is 5. The van der Waals surface area contributed by atoms with E-state index < -0.39 is 58.3 Å². The van der Waals surface area contributed by atoms with Gasteiger partial charge in [-0.05, 0) is 56.6 Å². The minimum absolute atomic E-state index is 0.0676. The van der Waals surface area contributed by atoms with Crippen LogP contribution in [0.1, 0.15) is 56.9 Å². The van der Waals surface area contributed by atoms with E-state index in [9.17, 15) is 29.7 Å². The third-order valence-electron chi connectivity index (χ3n) is 9.97. The Labute approximate surface area is 237 Å². The van der Waals surface area contributed by atoms with Crippen molar-refractivity contribution in [3.63, 3.8) is 0 Å². The number of carbonyl (C=O) groups is 3. The van der Waals surface area contributed by atoms with Crippen molar-refractivity contribution in [1.29, 1.82) is 0 Å². The Kier molecular flexibility index (Phi) is 7.87. The Morgan fingerprint density at radius 2 is 1.98 bits per heavy atom. The van der Waals surface area contributed by atoms with Crippen molar-refractivity contribution in [2.24, 2.45) is 44.7 Å². The van der Waals surface area contributed by atoms with Gasteiger partial charge in [-0.15, -0.1) is 5.11 Å². The van der Waals surface area contributed by atoms with Gasteiger partial charge in [-0.1, -0.05) is 30.7 Å². The predicted molar refractivity (Wildman–Crippen MR) is 145 cm³/mol. The summed E-state index contributed by atoms with van der Waals surface area (Å²) in [5.74, 6) is -2.48. The molecule has 1 amide bonds. The molecule has 3 fully saturated rings. The van der Waals surface area contributed by atoms with E-state index in [0.717, 1.165) is 0 Å². The molecule has 13 heteroatoms. The molecule has 8 atom stereocenters. The van der Waals surface area contributed by atoms with Gasteiger partial charge in [0.2, 0.25) is 0 Å². The lowest BCUT2D eigenvalue weighted by Crippen LogP contribution is -2.69. The van der Waals surface area contributed by atoms with Crippen LogP contribution in [-0.2, 0) is 9.59 Å². The van der Waals surface area contributed by atoms with Crippen molar-refractivity contribution in [3.8, 4) is 0 Å². The summed E-state index contributed by atoms with van der Waals surface area (Å²) in [7, 11) is 3.42. The van der Waals surface area contributed by atoms with Gasteiger partial charge in [-0.2, -0.15) is 0 Å². The molecule has 41 heavy (non-hydrogen) atoms. The Balaban J connectivity index is 0.000000251. The fourth-order valence-corrected chi connectivity index (χ4v) is 7.94. The maximum atomic E-state index is 16.9. The van der Waals surface area contributed by atoms with E-state index in [1.807, 2.05) is 0 Å². The van der Waals surface area contributed by atoms with E-state index in [1.54, 1.807) is 40.9 Å². The molecule has 6 N–H and O–H groups in total. The van der Waals surface area contributed by atoms with Crippen molar-refractivity contribution >= 4 is 23.3 Å². The van der Waals surface area contributed by atoms with E-state index >= 15 is 4.39 Å². The topological polar surface area (TPSA) is 195 Å². The van der Waals surface area contributed by atoms with E-state index in [0.29, 0.717) is 24.8 Å². The van der Waals surface area contributed by atoms with Gasteiger partial charge in [0, 0.05) is 30.8 Å². The summed E-state index contributed by atoms with van der Waals surface area (Å²) in [6, 6.07) is 0. The lowest BCUT2D eigenvalue weighted by atomic mass is 9.44. The van der Waals surface area contributed by atoms with E-state index in [2.05, 4.69) is 20.3 Å². The maximum absolute atomic E-state index is 16.9. The number of aromatic nitrogens is 2. The van der Waals surface area contributed by atoms with Gasteiger partial charge in [-0.3, -0.25) is 19.4 Å². The van der Waals surface area contributed by atoms with Crippen LogP contribution in [-0.4, -0.2) is 85.8 Å². The molecular formula is C28H39FN6O6. The quantitative estimate of drug-likeness (QED) is 0.260. The van der Waals surface area contributed by atoms with Crippen LogP contribution in [0.4, 0.5) is 10.2 Å². The highest BCUT2D eigenvalue weighted by Crippen LogP contribution is 2.70. The number of alkyl halides is 1. The second-order valence-electron chi connectivity index (χ2n) is 12.2. The average molecular weight is 575 g/mol. The number of imidazole rings is 1. The first kappa shape index (κ1) is 30.7. The van der Waals surface area contributed by atoms with E-state index in [1.165, 1.54) is 23.5 Å².